The molecule has 144 valence electrons. The molecule has 1 aliphatic rings. The smallest absolute Gasteiger partial charge is 0.329 e. The molecule has 26 heavy (non-hydrogen) atoms. The number of piperazine rings is 1. The lowest BCUT2D eigenvalue weighted by molar-refractivity contribution is -0.147. The van der Waals surface area contributed by atoms with Crippen molar-refractivity contribution in [3.8, 4) is 0 Å². The van der Waals surface area contributed by atoms with Gasteiger partial charge in [-0.2, -0.15) is 4.31 Å². The Morgan fingerprint density at radius 3 is 2.31 bits per heavy atom. The molecular formula is C17H25N3O5S. The van der Waals surface area contributed by atoms with E-state index in [9.17, 15) is 18.0 Å². The highest BCUT2D eigenvalue weighted by Crippen LogP contribution is 2.20. The lowest BCUT2D eigenvalue weighted by Gasteiger charge is -2.39. The molecule has 1 atom stereocenters. The number of esters is 1. The normalized spacial score (nSPS) is 18.5. The van der Waals surface area contributed by atoms with Crippen LogP contribution in [0.5, 0.6) is 0 Å². The van der Waals surface area contributed by atoms with E-state index in [0.29, 0.717) is 5.56 Å². The number of benzene rings is 1. The molecule has 0 aromatic heterocycles. The van der Waals surface area contributed by atoms with Crippen molar-refractivity contribution in [2.75, 3.05) is 51.5 Å². The number of amides is 1. The van der Waals surface area contributed by atoms with Gasteiger partial charge >= 0.3 is 5.97 Å². The number of anilines is 1. The van der Waals surface area contributed by atoms with Gasteiger partial charge in [-0.05, 0) is 31.2 Å². The number of rotatable bonds is 5. The van der Waals surface area contributed by atoms with Crippen molar-refractivity contribution in [3.63, 3.8) is 0 Å². The number of hydrogen-bond acceptors (Lipinski definition) is 6. The molecule has 0 saturated carbocycles. The third-order valence-electron chi connectivity index (χ3n) is 4.47. The number of hydrogen-bond donors (Lipinski definition) is 0. The fourth-order valence-electron chi connectivity index (χ4n) is 2.84. The van der Waals surface area contributed by atoms with E-state index in [1.54, 1.807) is 19.1 Å². The predicted molar refractivity (Wildman–Crippen MR) is 98.6 cm³/mol. The molecule has 1 heterocycles. The van der Waals surface area contributed by atoms with Gasteiger partial charge in [0.1, 0.15) is 6.04 Å². The molecule has 1 unspecified atom stereocenters. The van der Waals surface area contributed by atoms with E-state index in [0.717, 1.165) is 5.69 Å². The van der Waals surface area contributed by atoms with Crippen LogP contribution in [0.2, 0.25) is 0 Å². The Balaban J connectivity index is 2.26. The molecule has 8 nitrogen and oxygen atoms in total. The molecule has 2 rings (SSSR count). The van der Waals surface area contributed by atoms with Gasteiger partial charge in [0.25, 0.3) is 5.91 Å². The summed E-state index contributed by atoms with van der Waals surface area (Å²) in [5.41, 5.74) is 1.39. The summed E-state index contributed by atoms with van der Waals surface area (Å²) in [7, 11) is 1.58. The summed E-state index contributed by atoms with van der Waals surface area (Å²) in [6, 6.07) is 6.06. The fourth-order valence-corrected chi connectivity index (χ4v) is 3.94. The monoisotopic (exact) mass is 383 g/mol. The fraction of sp³-hybridized carbons (Fsp3) is 0.529. The Labute approximate surface area is 154 Å². The third kappa shape index (κ3) is 4.16. The predicted octanol–water partition coefficient (Wildman–Crippen LogP) is 0.402. The summed E-state index contributed by atoms with van der Waals surface area (Å²) >= 11 is 0. The summed E-state index contributed by atoms with van der Waals surface area (Å²) in [5.74, 6) is -1.00. The largest absolute Gasteiger partial charge is 0.467 e. The van der Waals surface area contributed by atoms with Gasteiger partial charge in [0.05, 0.1) is 12.9 Å². The Kier molecular flexibility index (Phi) is 6.25. The molecule has 0 N–H and O–H groups in total. The highest BCUT2D eigenvalue weighted by Gasteiger charge is 2.39. The second-order valence-corrected chi connectivity index (χ2v) is 8.49. The lowest BCUT2D eigenvalue weighted by Crippen LogP contribution is -2.59. The van der Waals surface area contributed by atoms with Crippen molar-refractivity contribution in [2.45, 2.75) is 13.0 Å². The Morgan fingerprint density at radius 2 is 1.81 bits per heavy atom. The van der Waals surface area contributed by atoms with Crippen LogP contribution >= 0.6 is 0 Å². The topological polar surface area (TPSA) is 87.2 Å². The van der Waals surface area contributed by atoms with Gasteiger partial charge < -0.3 is 14.5 Å². The molecule has 0 radical (unpaired) electrons. The van der Waals surface area contributed by atoms with Crippen LogP contribution in [0.15, 0.2) is 24.3 Å². The minimum atomic E-state index is -3.44. The van der Waals surface area contributed by atoms with Gasteiger partial charge in [0.15, 0.2) is 0 Å². The minimum absolute atomic E-state index is 0.0547. The highest BCUT2D eigenvalue weighted by molar-refractivity contribution is 7.89. The number of methoxy groups -OCH3 is 1. The van der Waals surface area contributed by atoms with Crippen LogP contribution in [0.25, 0.3) is 0 Å². The first-order chi connectivity index (χ1) is 12.2. The molecule has 0 aliphatic carbocycles. The summed E-state index contributed by atoms with van der Waals surface area (Å²) in [5, 5.41) is 0. The average molecular weight is 383 g/mol. The van der Waals surface area contributed by atoms with E-state index in [1.807, 2.05) is 31.1 Å². The van der Waals surface area contributed by atoms with Crippen LogP contribution in [-0.4, -0.2) is 82.1 Å². The molecule has 1 saturated heterocycles. The molecule has 1 aliphatic heterocycles. The first kappa shape index (κ1) is 20.2. The molecule has 1 aromatic carbocycles. The van der Waals surface area contributed by atoms with Crippen molar-refractivity contribution in [1.29, 1.82) is 0 Å². The van der Waals surface area contributed by atoms with E-state index in [1.165, 1.54) is 16.3 Å². The number of carbonyl (C=O) groups excluding carboxylic acids is 2. The quantitative estimate of drug-likeness (QED) is 0.684. The number of nitrogens with zero attached hydrogens (tertiary/aromatic N) is 3. The molecular weight excluding hydrogens is 358 g/mol. The summed E-state index contributed by atoms with van der Waals surface area (Å²) in [6.07, 6.45) is 0. The van der Waals surface area contributed by atoms with Gasteiger partial charge in [0, 0.05) is 45.0 Å². The molecule has 0 spiro atoms. The summed E-state index contributed by atoms with van der Waals surface area (Å²) in [6.45, 7) is 1.75. The third-order valence-corrected chi connectivity index (χ3v) is 6.31. The zero-order valence-corrected chi connectivity index (χ0v) is 16.3. The first-order valence-electron chi connectivity index (χ1n) is 8.35. The van der Waals surface area contributed by atoms with Crippen LogP contribution in [0, 0.1) is 0 Å². The first-order valence-corrected chi connectivity index (χ1v) is 9.96. The molecule has 1 aromatic rings. The van der Waals surface area contributed by atoms with Crippen molar-refractivity contribution in [3.05, 3.63) is 29.8 Å². The van der Waals surface area contributed by atoms with E-state index in [2.05, 4.69) is 0 Å². The molecule has 1 amide bonds. The number of ether oxygens (including phenoxy) is 1. The van der Waals surface area contributed by atoms with Crippen LogP contribution in [-0.2, 0) is 19.6 Å². The SMILES string of the molecule is CCS(=O)(=O)N1CCN(C(=O)c2ccc(N(C)C)cc2)C(C(=O)OC)C1. The van der Waals surface area contributed by atoms with Gasteiger partial charge in [0.2, 0.25) is 10.0 Å². The summed E-state index contributed by atoms with van der Waals surface area (Å²) < 4.78 is 30.3. The van der Waals surface area contributed by atoms with E-state index in [-0.39, 0.29) is 31.3 Å². The van der Waals surface area contributed by atoms with Gasteiger partial charge in [-0.1, -0.05) is 0 Å². The van der Waals surface area contributed by atoms with Gasteiger partial charge in [-0.3, -0.25) is 4.79 Å². The van der Waals surface area contributed by atoms with Gasteiger partial charge in [-0.15, -0.1) is 0 Å². The second kappa shape index (κ2) is 8.05. The standard InChI is InChI=1S/C17H25N3O5S/c1-5-26(23,24)19-10-11-20(15(12-19)17(22)25-4)16(21)13-6-8-14(9-7-13)18(2)3/h6-9,15H,5,10-12H2,1-4H3. The van der Waals surface area contributed by atoms with Crippen LogP contribution < -0.4 is 4.90 Å². The minimum Gasteiger partial charge on any atom is -0.467 e. The van der Waals surface area contributed by atoms with Crippen LogP contribution in [0.3, 0.4) is 0 Å². The maximum atomic E-state index is 12.9. The second-order valence-electron chi connectivity index (χ2n) is 6.24. The molecule has 1 fully saturated rings. The Morgan fingerprint density at radius 1 is 1.19 bits per heavy atom. The van der Waals surface area contributed by atoms with Gasteiger partial charge in [-0.25, -0.2) is 13.2 Å². The van der Waals surface area contributed by atoms with Crippen LogP contribution in [0.4, 0.5) is 5.69 Å². The zero-order valence-electron chi connectivity index (χ0n) is 15.5. The maximum absolute atomic E-state index is 12.9. The zero-order chi connectivity index (χ0) is 19.5. The maximum Gasteiger partial charge on any atom is 0.329 e. The van der Waals surface area contributed by atoms with E-state index >= 15 is 0 Å². The average Bonchev–Trinajstić information content (AvgIpc) is 2.66. The Hall–Kier alpha value is -2.13. The highest BCUT2D eigenvalue weighted by atomic mass is 32.2. The van der Waals surface area contributed by atoms with Crippen molar-refractivity contribution >= 4 is 27.6 Å². The van der Waals surface area contributed by atoms with Crippen molar-refractivity contribution in [2.24, 2.45) is 0 Å². The van der Waals surface area contributed by atoms with Crippen LogP contribution in [0.1, 0.15) is 17.3 Å². The molecule has 0 bridgehead atoms. The number of carbonyl (C=O) groups is 2. The number of sulfonamides is 1. The van der Waals surface area contributed by atoms with E-state index in [4.69, 9.17) is 4.74 Å². The molecule has 9 heteroatoms. The lowest BCUT2D eigenvalue weighted by atomic mass is 10.1. The van der Waals surface area contributed by atoms with Crippen molar-refractivity contribution < 1.29 is 22.7 Å². The van der Waals surface area contributed by atoms with Crippen molar-refractivity contribution in [1.82, 2.24) is 9.21 Å². The van der Waals surface area contributed by atoms with E-state index < -0.39 is 22.0 Å². The summed E-state index contributed by atoms with van der Waals surface area (Å²) in [4.78, 5) is 28.4. The Bertz CT molecular complexity index is 761.